The van der Waals surface area contributed by atoms with Gasteiger partial charge in [-0.25, -0.2) is 0 Å². The van der Waals surface area contributed by atoms with Gasteiger partial charge in [0, 0.05) is 33.3 Å². The molecule has 0 saturated carbocycles. The first-order valence-corrected chi connectivity index (χ1v) is 7.25. The number of benzene rings is 1. The molecule has 5 heteroatoms. The molecule has 0 aliphatic carbocycles. The van der Waals surface area contributed by atoms with E-state index in [-0.39, 0.29) is 0 Å². The van der Waals surface area contributed by atoms with E-state index in [0.717, 1.165) is 14.5 Å². The summed E-state index contributed by atoms with van der Waals surface area (Å²) < 4.78 is 1.68. The van der Waals surface area contributed by atoms with Crippen molar-refractivity contribution in [3.05, 3.63) is 61.8 Å². The lowest BCUT2D eigenvalue weighted by atomic mass is 10.0. The van der Waals surface area contributed by atoms with Gasteiger partial charge in [-0.1, -0.05) is 23.7 Å². The van der Waals surface area contributed by atoms with Crippen LogP contribution in [0.1, 0.15) is 17.2 Å². The van der Waals surface area contributed by atoms with Crippen molar-refractivity contribution in [3.8, 4) is 0 Å². The van der Waals surface area contributed by atoms with E-state index in [1.165, 1.54) is 0 Å². The fourth-order valence-corrected chi connectivity index (χ4v) is 2.72. The zero-order valence-corrected chi connectivity index (χ0v) is 13.2. The third-order valence-electron chi connectivity index (χ3n) is 2.53. The van der Waals surface area contributed by atoms with E-state index in [4.69, 9.17) is 11.6 Å². The van der Waals surface area contributed by atoms with Gasteiger partial charge in [-0.2, -0.15) is 0 Å². The van der Waals surface area contributed by atoms with E-state index in [0.29, 0.717) is 17.0 Å². The van der Waals surface area contributed by atoms with Gasteiger partial charge in [-0.3, -0.25) is 4.98 Å². The van der Waals surface area contributed by atoms with E-state index in [1.54, 1.807) is 12.4 Å². The van der Waals surface area contributed by atoms with Crippen molar-refractivity contribution in [1.82, 2.24) is 4.98 Å². The highest BCUT2D eigenvalue weighted by Crippen LogP contribution is 2.31. The van der Waals surface area contributed by atoms with Crippen molar-refractivity contribution in [2.45, 2.75) is 12.5 Å². The van der Waals surface area contributed by atoms with Crippen molar-refractivity contribution in [2.75, 3.05) is 0 Å². The molecule has 0 bridgehead atoms. The van der Waals surface area contributed by atoms with Crippen LogP contribution >= 0.6 is 43.5 Å². The zero-order valence-electron chi connectivity index (χ0n) is 9.28. The Balaban J connectivity index is 2.22. The average Bonchev–Trinajstić information content (AvgIpc) is 2.32. The highest BCUT2D eigenvalue weighted by molar-refractivity contribution is 9.10. The minimum Gasteiger partial charge on any atom is -0.388 e. The van der Waals surface area contributed by atoms with Crippen LogP contribution in [0.4, 0.5) is 0 Å². The maximum Gasteiger partial charge on any atom is 0.0845 e. The van der Waals surface area contributed by atoms with Gasteiger partial charge in [0.2, 0.25) is 0 Å². The Morgan fingerprint density at radius 3 is 2.78 bits per heavy atom. The minimum absolute atomic E-state index is 0.475. The van der Waals surface area contributed by atoms with E-state index in [1.807, 2.05) is 24.3 Å². The lowest BCUT2D eigenvalue weighted by molar-refractivity contribution is 0.178. The number of hydrogen-bond acceptors (Lipinski definition) is 2. The Morgan fingerprint density at radius 2 is 2.06 bits per heavy atom. The number of aromatic nitrogens is 1. The van der Waals surface area contributed by atoms with Crippen molar-refractivity contribution in [1.29, 1.82) is 0 Å². The molecule has 94 valence electrons. The first-order valence-electron chi connectivity index (χ1n) is 5.29. The van der Waals surface area contributed by atoms with Crippen LogP contribution < -0.4 is 0 Å². The molecule has 18 heavy (non-hydrogen) atoms. The number of pyridine rings is 1. The van der Waals surface area contributed by atoms with Gasteiger partial charge < -0.3 is 5.11 Å². The number of aliphatic hydroxyl groups is 1. The number of nitrogens with zero attached hydrogens (tertiary/aromatic N) is 1. The molecule has 2 aromatic rings. The molecule has 0 spiro atoms. The lowest BCUT2D eigenvalue weighted by Crippen LogP contribution is -2.03. The first kappa shape index (κ1) is 14.0. The predicted molar refractivity (Wildman–Crippen MR) is 79.8 cm³/mol. The molecule has 2 rings (SSSR count). The highest BCUT2D eigenvalue weighted by atomic mass is 79.9. The zero-order chi connectivity index (χ0) is 13.1. The standard InChI is InChI=1S/C13H10Br2ClNO/c14-9-4-8(6-17-7-9)5-12(18)10-2-1-3-11(15)13(10)16/h1-4,6-7,12,18H,5H2. The highest BCUT2D eigenvalue weighted by Gasteiger charge is 2.14. The fourth-order valence-electron chi connectivity index (χ4n) is 1.68. The molecule has 1 heterocycles. The largest absolute Gasteiger partial charge is 0.388 e. The Kier molecular flexibility index (Phi) is 4.78. The SMILES string of the molecule is OC(Cc1cncc(Br)c1)c1cccc(Br)c1Cl. The van der Waals surface area contributed by atoms with Gasteiger partial charge in [-0.05, 0) is 49.6 Å². The van der Waals surface area contributed by atoms with Gasteiger partial charge in [0.05, 0.1) is 11.1 Å². The molecule has 1 N–H and O–H groups in total. The molecule has 0 saturated heterocycles. The molecule has 0 aliphatic heterocycles. The van der Waals surface area contributed by atoms with Gasteiger partial charge in [0.1, 0.15) is 0 Å². The molecule has 0 fully saturated rings. The Labute approximate surface area is 127 Å². The Bertz CT molecular complexity index is 562. The monoisotopic (exact) mass is 389 g/mol. The van der Waals surface area contributed by atoms with Crippen molar-refractivity contribution in [2.24, 2.45) is 0 Å². The molecule has 0 aliphatic rings. The summed E-state index contributed by atoms with van der Waals surface area (Å²) in [5.41, 5.74) is 1.67. The first-order chi connectivity index (χ1) is 8.58. The number of hydrogen-bond donors (Lipinski definition) is 1. The number of halogens is 3. The smallest absolute Gasteiger partial charge is 0.0845 e. The van der Waals surface area contributed by atoms with Crippen LogP contribution in [0.15, 0.2) is 45.6 Å². The molecule has 1 aromatic carbocycles. The van der Waals surface area contributed by atoms with E-state index in [2.05, 4.69) is 36.8 Å². The molecule has 2 nitrogen and oxygen atoms in total. The second kappa shape index (κ2) is 6.15. The van der Waals surface area contributed by atoms with E-state index >= 15 is 0 Å². The lowest BCUT2D eigenvalue weighted by Gasteiger charge is -2.13. The van der Waals surface area contributed by atoms with Crippen LogP contribution in [0.5, 0.6) is 0 Å². The normalized spacial score (nSPS) is 12.4. The molecule has 0 radical (unpaired) electrons. The van der Waals surface area contributed by atoms with Gasteiger partial charge in [0.25, 0.3) is 0 Å². The third-order valence-corrected chi connectivity index (χ3v) is 4.28. The van der Waals surface area contributed by atoms with Gasteiger partial charge in [0.15, 0.2) is 0 Å². The maximum atomic E-state index is 10.2. The summed E-state index contributed by atoms with van der Waals surface area (Å²) >= 11 is 12.9. The number of aliphatic hydroxyl groups excluding tert-OH is 1. The van der Waals surface area contributed by atoms with Crippen LogP contribution in [0.2, 0.25) is 5.02 Å². The summed E-state index contributed by atoms with van der Waals surface area (Å²) in [6.45, 7) is 0. The second-order valence-electron chi connectivity index (χ2n) is 3.87. The summed E-state index contributed by atoms with van der Waals surface area (Å²) in [5, 5.41) is 10.8. The van der Waals surface area contributed by atoms with Crippen molar-refractivity contribution in [3.63, 3.8) is 0 Å². The fraction of sp³-hybridized carbons (Fsp3) is 0.154. The third kappa shape index (κ3) is 3.32. The Hall–Kier alpha value is -0.420. The molecule has 1 atom stereocenters. The summed E-state index contributed by atoms with van der Waals surface area (Å²) in [6, 6.07) is 7.46. The quantitative estimate of drug-likeness (QED) is 0.834. The molecular formula is C13H10Br2ClNO. The molecule has 0 amide bonds. The summed E-state index contributed by atoms with van der Waals surface area (Å²) in [6.07, 6.45) is 3.27. The average molecular weight is 391 g/mol. The molecule has 1 aromatic heterocycles. The maximum absolute atomic E-state index is 10.2. The van der Waals surface area contributed by atoms with Gasteiger partial charge >= 0.3 is 0 Å². The Morgan fingerprint density at radius 1 is 1.28 bits per heavy atom. The van der Waals surface area contributed by atoms with E-state index < -0.39 is 6.10 Å². The minimum atomic E-state index is -0.647. The molecular weight excluding hydrogens is 381 g/mol. The van der Waals surface area contributed by atoms with E-state index in [9.17, 15) is 5.11 Å². The van der Waals surface area contributed by atoms with Crippen LogP contribution in [-0.4, -0.2) is 10.1 Å². The summed E-state index contributed by atoms with van der Waals surface area (Å²) in [5.74, 6) is 0. The topological polar surface area (TPSA) is 33.1 Å². The van der Waals surface area contributed by atoms with Crippen LogP contribution in [-0.2, 0) is 6.42 Å². The van der Waals surface area contributed by atoms with Crippen molar-refractivity contribution < 1.29 is 5.11 Å². The van der Waals surface area contributed by atoms with Gasteiger partial charge in [-0.15, -0.1) is 0 Å². The van der Waals surface area contributed by atoms with Crippen molar-refractivity contribution >= 4 is 43.5 Å². The summed E-state index contributed by atoms with van der Waals surface area (Å²) in [7, 11) is 0. The van der Waals surface area contributed by atoms with Crippen LogP contribution in [0.3, 0.4) is 0 Å². The van der Waals surface area contributed by atoms with Crippen LogP contribution in [0, 0.1) is 0 Å². The molecule has 1 unspecified atom stereocenters. The predicted octanol–water partition coefficient (Wildman–Crippen LogP) is 4.54. The summed E-state index contributed by atoms with van der Waals surface area (Å²) in [4.78, 5) is 4.07. The number of rotatable bonds is 3. The van der Waals surface area contributed by atoms with Crippen LogP contribution in [0.25, 0.3) is 0 Å². The second-order valence-corrected chi connectivity index (χ2v) is 6.02.